The zero-order valence-corrected chi connectivity index (χ0v) is 24.4. The van der Waals surface area contributed by atoms with E-state index in [1.54, 1.807) is 62.3 Å². The summed E-state index contributed by atoms with van der Waals surface area (Å²) in [6.45, 7) is 4.27. The Morgan fingerprint density at radius 1 is 1.02 bits per heavy atom. The number of phenols is 1. The standard InChI is InChI=1S/C32H38FN5O4/c1-22(26-8-6-5-7-9-26)20-35(3)31(41)29(18-24-12-16-28(39)17-13-24)37-23(2)38(36(4)21-30(37)40)32(42)34-19-25-10-14-27(33)15-11-25/h5-17,22-23,29,39H,18-21H2,1-4H3,(H,34,42)/t22?,23-,29-/m0/s1. The van der Waals surface area contributed by atoms with E-state index in [1.165, 1.54) is 27.1 Å². The molecule has 0 saturated carbocycles. The van der Waals surface area contributed by atoms with E-state index in [0.29, 0.717) is 6.54 Å². The Morgan fingerprint density at radius 3 is 2.29 bits per heavy atom. The molecule has 3 aromatic rings. The maximum absolute atomic E-state index is 14.1. The molecule has 42 heavy (non-hydrogen) atoms. The van der Waals surface area contributed by atoms with E-state index in [-0.39, 0.29) is 48.8 Å². The van der Waals surface area contributed by atoms with Gasteiger partial charge in [0.2, 0.25) is 11.8 Å². The lowest BCUT2D eigenvalue weighted by Crippen LogP contribution is -2.70. The minimum absolute atomic E-state index is 0.0591. The number of amides is 4. The van der Waals surface area contributed by atoms with Gasteiger partial charge in [-0.3, -0.25) is 9.59 Å². The number of hydrazine groups is 1. The molecule has 222 valence electrons. The van der Waals surface area contributed by atoms with Gasteiger partial charge >= 0.3 is 6.03 Å². The smallest absolute Gasteiger partial charge is 0.334 e. The SMILES string of the molecule is CC(CN(C)C(=O)[C@H](Cc1ccc(O)cc1)N1C(=O)CN(C)N(C(=O)NCc2ccc(F)cc2)[C@H]1C)c1ccccc1. The molecular formula is C32H38FN5O4. The fourth-order valence-electron chi connectivity index (χ4n) is 5.39. The monoisotopic (exact) mass is 575 g/mol. The number of likely N-dealkylation sites (N-methyl/N-ethyl adjacent to an activating group) is 2. The maximum atomic E-state index is 14.1. The highest BCUT2D eigenvalue weighted by atomic mass is 19.1. The number of hydrogen-bond acceptors (Lipinski definition) is 5. The first-order valence-electron chi connectivity index (χ1n) is 14.0. The molecule has 0 aliphatic carbocycles. The molecular weight excluding hydrogens is 537 g/mol. The van der Waals surface area contributed by atoms with E-state index in [9.17, 15) is 23.9 Å². The molecule has 9 nitrogen and oxygen atoms in total. The fourth-order valence-corrected chi connectivity index (χ4v) is 5.39. The summed E-state index contributed by atoms with van der Waals surface area (Å²) in [6, 6.07) is 20.9. The largest absolute Gasteiger partial charge is 0.508 e. The van der Waals surface area contributed by atoms with E-state index in [0.717, 1.165) is 16.7 Å². The summed E-state index contributed by atoms with van der Waals surface area (Å²) in [5, 5.41) is 15.6. The van der Waals surface area contributed by atoms with Crippen molar-refractivity contribution in [3.63, 3.8) is 0 Å². The van der Waals surface area contributed by atoms with E-state index in [2.05, 4.69) is 5.32 Å². The second kappa shape index (κ2) is 13.5. The number of nitrogens with one attached hydrogen (secondary N) is 1. The van der Waals surface area contributed by atoms with Crippen molar-refractivity contribution < 1.29 is 23.9 Å². The van der Waals surface area contributed by atoms with Gasteiger partial charge in [0.25, 0.3) is 0 Å². The van der Waals surface area contributed by atoms with Gasteiger partial charge in [-0.2, -0.15) is 0 Å². The second-order valence-corrected chi connectivity index (χ2v) is 10.8. The van der Waals surface area contributed by atoms with Crippen molar-refractivity contribution in [1.29, 1.82) is 0 Å². The predicted molar refractivity (Wildman–Crippen MR) is 158 cm³/mol. The molecule has 0 radical (unpaired) electrons. The topological polar surface area (TPSA) is 96.4 Å². The average Bonchev–Trinajstić information content (AvgIpc) is 2.97. The molecule has 1 aliphatic rings. The molecule has 1 heterocycles. The van der Waals surface area contributed by atoms with Crippen molar-refractivity contribution in [2.24, 2.45) is 0 Å². The van der Waals surface area contributed by atoms with Gasteiger partial charge in [-0.15, -0.1) is 0 Å². The number of halogens is 1. The third-order valence-electron chi connectivity index (χ3n) is 7.62. The highest BCUT2D eigenvalue weighted by Gasteiger charge is 2.44. The molecule has 1 saturated heterocycles. The number of urea groups is 1. The summed E-state index contributed by atoms with van der Waals surface area (Å²) < 4.78 is 13.3. The Bertz CT molecular complexity index is 1370. The Hall–Kier alpha value is -4.44. The van der Waals surface area contributed by atoms with Crippen LogP contribution in [0, 0.1) is 5.82 Å². The van der Waals surface area contributed by atoms with Crippen LogP contribution in [0.1, 0.15) is 36.5 Å². The molecule has 4 rings (SSSR count). The number of rotatable bonds is 9. The Morgan fingerprint density at radius 2 is 1.64 bits per heavy atom. The zero-order chi connectivity index (χ0) is 30.4. The van der Waals surface area contributed by atoms with Crippen LogP contribution < -0.4 is 5.32 Å². The Labute approximate surface area is 246 Å². The quantitative estimate of drug-likeness (QED) is 0.403. The van der Waals surface area contributed by atoms with E-state index < -0.39 is 18.2 Å². The Kier molecular flexibility index (Phi) is 9.80. The summed E-state index contributed by atoms with van der Waals surface area (Å²) in [5.41, 5.74) is 2.58. The van der Waals surface area contributed by atoms with E-state index in [4.69, 9.17) is 0 Å². The summed E-state index contributed by atoms with van der Waals surface area (Å²) in [6.07, 6.45) is -0.580. The first kappa shape index (κ1) is 30.5. The van der Waals surface area contributed by atoms with Crippen LogP contribution in [0.3, 0.4) is 0 Å². The van der Waals surface area contributed by atoms with Crippen LogP contribution in [0.25, 0.3) is 0 Å². The van der Waals surface area contributed by atoms with Gasteiger partial charge in [0, 0.05) is 33.6 Å². The molecule has 0 bridgehead atoms. The number of carbonyl (C=O) groups excluding carboxylic acids is 3. The van der Waals surface area contributed by atoms with Crippen LogP contribution in [-0.2, 0) is 22.6 Å². The number of nitrogens with zero attached hydrogens (tertiary/aromatic N) is 4. The molecule has 1 aliphatic heterocycles. The minimum atomic E-state index is -0.897. The highest BCUT2D eigenvalue weighted by Crippen LogP contribution is 2.24. The van der Waals surface area contributed by atoms with Crippen molar-refractivity contribution in [1.82, 2.24) is 25.1 Å². The molecule has 10 heteroatoms. The van der Waals surface area contributed by atoms with Gasteiger partial charge in [-0.1, -0.05) is 61.5 Å². The van der Waals surface area contributed by atoms with Gasteiger partial charge in [0.05, 0.1) is 6.54 Å². The van der Waals surface area contributed by atoms with Crippen LogP contribution >= 0.6 is 0 Å². The summed E-state index contributed by atoms with van der Waals surface area (Å²) >= 11 is 0. The van der Waals surface area contributed by atoms with Gasteiger partial charge in [0.1, 0.15) is 23.8 Å². The molecule has 2 N–H and O–H groups in total. The first-order valence-corrected chi connectivity index (χ1v) is 14.0. The summed E-state index contributed by atoms with van der Waals surface area (Å²) in [5.74, 6) is -0.736. The molecule has 0 aromatic heterocycles. The van der Waals surface area contributed by atoms with E-state index in [1.807, 2.05) is 37.3 Å². The van der Waals surface area contributed by atoms with Crippen molar-refractivity contribution in [2.45, 2.75) is 44.9 Å². The first-order chi connectivity index (χ1) is 20.0. The fraction of sp³-hybridized carbons (Fsp3) is 0.344. The lowest BCUT2D eigenvalue weighted by molar-refractivity contribution is -0.171. The van der Waals surface area contributed by atoms with Crippen LogP contribution in [0.5, 0.6) is 5.75 Å². The van der Waals surface area contributed by atoms with Crippen LogP contribution in [-0.4, -0.2) is 82.2 Å². The number of aromatic hydroxyl groups is 1. The maximum Gasteiger partial charge on any atom is 0.334 e. The number of phenolic OH excluding ortho intramolecular Hbond substituents is 1. The number of carbonyl (C=O) groups is 3. The summed E-state index contributed by atoms with van der Waals surface area (Å²) in [7, 11) is 3.37. The van der Waals surface area contributed by atoms with E-state index >= 15 is 0 Å². The number of benzene rings is 3. The van der Waals surface area contributed by atoms with Gasteiger partial charge < -0.3 is 20.2 Å². The molecule has 3 aromatic carbocycles. The van der Waals surface area contributed by atoms with Gasteiger partial charge in [-0.05, 0) is 53.8 Å². The van der Waals surface area contributed by atoms with Crippen molar-refractivity contribution in [2.75, 3.05) is 27.2 Å². The van der Waals surface area contributed by atoms with Crippen molar-refractivity contribution >= 4 is 17.8 Å². The average molecular weight is 576 g/mol. The van der Waals surface area contributed by atoms with Crippen LogP contribution in [0.2, 0.25) is 0 Å². The molecule has 3 atom stereocenters. The van der Waals surface area contributed by atoms with Gasteiger partial charge in [0.15, 0.2) is 0 Å². The highest BCUT2D eigenvalue weighted by molar-refractivity contribution is 5.90. The molecule has 1 unspecified atom stereocenters. The van der Waals surface area contributed by atoms with Crippen molar-refractivity contribution in [3.8, 4) is 5.75 Å². The molecule has 4 amide bonds. The van der Waals surface area contributed by atoms with Gasteiger partial charge in [-0.25, -0.2) is 19.2 Å². The summed E-state index contributed by atoms with van der Waals surface area (Å²) in [4.78, 5) is 44.1. The van der Waals surface area contributed by atoms with Crippen molar-refractivity contribution in [3.05, 3.63) is 101 Å². The minimum Gasteiger partial charge on any atom is -0.508 e. The zero-order valence-electron chi connectivity index (χ0n) is 24.4. The lowest BCUT2D eigenvalue weighted by Gasteiger charge is -2.49. The lowest BCUT2D eigenvalue weighted by atomic mass is 9.99. The normalized spacial score (nSPS) is 17.1. The Balaban J connectivity index is 1.57. The third-order valence-corrected chi connectivity index (χ3v) is 7.62. The third kappa shape index (κ3) is 7.25. The predicted octanol–water partition coefficient (Wildman–Crippen LogP) is 3.95. The van der Waals surface area contributed by atoms with Crippen LogP contribution in [0.15, 0.2) is 78.9 Å². The van der Waals surface area contributed by atoms with Crippen LogP contribution in [0.4, 0.5) is 9.18 Å². The number of hydrogen-bond donors (Lipinski definition) is 2. The molecule has 1 fully saturated rings. The second-order valence-electron chi connectivity index (χ2n) is 10.8. The molecule has 0 spiro atoms.